The molecule has 8 nitrogen and oxygen atoms in total. The molecule has 2 aliphatic heterocycles. The summed E-state index contributed by atoms with van der Waals surface area (Å²) in [7, 11) is 0. The fraction of sp³-hybridized carbons (Fsp3) is 0.273. The number of nitrogens with zero attached hydrogens (tertiary/aromatic N) is 4. The molecule has 31 heavy (non-hydrogen) atoms. The Balaban J connectivity index is 1.47. The second-order valence-electron chi connectivity index (χ2n) is 7.74. The van der Waals surface area contributed by atoms with Gasteiger partial charge in [-0.25, -0.2) is 14.2 Å². The molecule has 5 rings (SSSR count). The molecule has 0 radical (unpaired) electrons. The van der Waals surface area contributed by atoms with Crippen molar-refractivity contribution in [3.8, 4) is 5.75 Å². The molecule has 2 aromatic heterocycles. The van der Waals surface area contributed by atoms with E-state index in [0.29, 0.717) is 60.4 Å². The van der Waals surface area contributed by atoms with E-state index in [-0.39, 0.29) is 17.4 Å². The molecule has 4 heterocycles. The van der Waals surface area contributed by atoms with E-state index in [1.165, 1.54) is 17.0 Å². The van der Waals surface area contributed by atoms with Crippen LogP contribution in [0, 0.1) is 11.7 Å². The van der Waals surface area contributed by atoms with Gasteiger partial charge in [0.25, 0.3) is 0 Å². The number of likely N-dealkylation sites (tertiary alicyclic amines) is 1. The third-order valence-corrected chi connectivity index (χ3v) is 5.86. The maximum atomic E-state index is 14.7. The maximum Gasteiger partial charge on any atom is 0.407 e. The number of pyridine rings is 1. The fourth-order valence-electron chi connectivity index (χ4n) is 4.17. The SMILES string of the molecule is O=C(O)N1CCC(Cc2c(F)ccc3c(O)c(C=C4N=Nc5ncccc54)oc23)CC1. The minimum absolute atomic E-state index is 0.0861. The second kappa shape index (κ2) is 7.50. The number of aromatic nitrogens is 1. The molecule has 1 amide bonds. The van der Waals surface area contributed by atoms with Crippen molar-refractivity contribution < 1.29 is 23.8 Å². The summed E-state index contributed by atoms with van der Waals surface area (Å²) in [5.41, 5.74) is 1.91. The lowest BCUT2D eigenvalue weighted by Gasteiger charge is -2.30. The number of hydrogen-bond donors (Lipinski definition) is 2. The number of amides is 1. The molecule has 0 atom stereocenters. The van der Waals surface area contributed by atoms with Crippen LogP contribution in [-0.4, -0.2) is 39.3 Å². The van der Waals surface area contributed by atoms with Crippen LogP contribution in [0.3, 0.4) is 0 Å². The normalized spacial score (nSPS) is 17.6. The summed E-state index contributed by atoms with van der Waals surface area (Å²) < 4.78 is 20.6. The number of furan rings is 1. The third-order valence-electron chi connectivity index (χ3n) is 5.86. The first kappa shape index (κ1) is 19.2. The monoisotopic (exact) mass is 422 g/mol. The highest BCUT2D eigenvalue weighted by atomic mass is 19.1. The van der Waals surface area contributed by atoms with E-state index in [9.17, 15) is 14.3 Å². The van der Waals surface area contributed by atoms with E-state index in [4.69, 9.17) is 9.52 Å². The molecular weight excluding hydrogens is 403 g/mol. The van der Waals surface area contributed by atoms with E-state index in [1.54, 1.807) is 18.3 Å². The van der Waals surface area contributed by atoms with Gasteiger partial charge in [-0.15, -0.1) is 10.2 Å². The number of aromatic hydroxyl groups is 1. The average Bonchev–Trinajstić information content (AvgIpc) is 3.32. The molecule has 0 saturated carbocycles. The van der Waals surface area contributed by atoms with Crippen molar-refractivity contribution in [2.75, 3.05) is 13.1 Å². The lowest BCUT2D eigenvalue weighted by Crippen LogP contribution is -2.37. The van der Waals surface area contributed by atoms with Gasteiger partial charge in [0.15, 0.2) is 17.3 Å². The standard InChI is InChI=1S/C22H19FN4O4/c23-16-4-3-14-19(28)18(11-17-13-2-1-7-24-21(13)26-25-17)31-20(14)15(16)10-12-5-8-27(9-6-12)22(29)30/h1-4,7,11-12,28H,5-6,8-10H2,(H,29,30). The van der Waals surface area contributed by atoms with Crippen molar-refractivity contribution in [2.45, 2.75) is 19.3 Å². The van der Waals surface area contributed by atoms with Gasteiger partial charge >= 0.3 is 6.09 Å². The summed E-state index contributed by atoms with van der Waals surface area (Å²) in [5, 5.41) is 28.3. The van der Waals surface area contributed by atoms with Gasteiger partial charge in [0.05, 0.1) is 5.39 Å². The van der Waals surface area contributed by atoms with Crippen LogP contribution >= 0.6 is 0 Å². The average molecular weight is 422 g/mol. The van der Waals surface area contributed by atoms with Crippen LogP contribution in [0.5, 0.6) is 5.75 Å². The molecule has 0 bridgehead atoms. The molecule has 3 aromatic rings. The molecule has 158 valence electrons. The van der Waals surface area contributed by atoms with Gasteiger partial charge < -0.3 is 19.5 Å². The molecule has 2 aliphatic rings. The van der Waals surface area contributed by atoms with E-state index in [0.717, 1.165) is 5.56 Å². The fourth-order valence-corrected chi connectivity index (χ4v) is 4.17. The first-order chi connectivity index (χ1) is 15.0. The number of hydrogen-bond acceptors (Lipinski definition) is 6. The molecule has 0 aliphatic carbocycles. The quantitative estimate of drug-likeness (QED) is 0.602. The summed E-state index contributed by atoms with van der Waals surface area (Å²) in [6, 6.07) is 6.41. The van der Waals surface area contributed by atoms with E-state index >= 15 is 0 Å². The van der Waals surface area contributed by atoms with E-state index in [1.807, 2.05) is 6.07 Å². The smallest absolute Gasteiger partial charge is 0.407 e. The number of benzene rings is 1. The Hall–Kier alpha value is -3.75. The predicted molar refractivity (Wildman–Crippen MR) is 110 cm³/mol. The molecule has 0 unspecified atom stereocenters. The maximum absolute atomic E-state index is 14.7. The summed E-state index contributed by atoms with van der Waals surface area (Å²) in [4.78, 5) is 16.6. The highest BCUT2D eigenvalue weighted by Crippen LogP contribution is 2.40. The Morgan fingerprint density at radius 1 is 1.26 bits per heavy atom. The summed E-state index contributed by atoms with van der Waals surface area (Å²) >= 11 is 0. The van der Waals surface area contributed by atoms with Crippen LogP contribution in [0.2, 0.25) is 0 Å². The lowest BCUT2D eigenvalue weighted by atomic mass is 9.89. The second-order valence-corrected chi connectivity index (χ2v) is 7.74. The van der Waals surface area contributed by atoms with Crippen molar-refractivity contribution in [2.24, 2.45) is 16.1 Å². The summed E-state index contributed by atoms with van der Waals surface area (Å²) in [5.74, 6) is 0.302. The van der Waals surface area contributed by atoms with Gasteiger partial charge in [-0.3, -0.25) is 0 Å². The Kier molecular flexibility index (Phi) is 4.65. The molecule has 1 fully saturated rings. The third kappa shape index (κ3) is 3.41. The largest absolute Gasteiger partial charge is 0.504 e. The number of carboxylic acid groups (broad SMARTS) is 1. The molecular formula is C22H19FN4O4. The van der Waals surface area contributed by atoms with E-state index < -0.39 is 11.9 Å². The number of rotatable bonds is 3. The topological polar surface area (TPSA) is 112 Å². The zero-order chi connectivity index (χ0) is 21.5. The molecule has 9 heteroatoms. The van der Waals surface area contributed by atoms with Crippen LogP contribution in [0.15, 0.2) is 45.1 Å². The summed E-state index contributed by atoms with van der Waals surface area (Å²) in [6.45, 7) is 0.855. The van der Waals surface area contributed by atoms with Gasteiger partial charge in [-0.2, -0.15) is 0 Å². The Bertz CT molecular complexity index is 1240. The Morgan fingerprint density at radius 3 is 2.84 bits per heavy atom. The number of azo groups is 1. The molecule has 0 spiro atoms. The Morgan fingerprint density at radius 2 is 2.06 bits per heavy atom. The van der Waals surface area contributed by atoms with Gasteiger partial charge in [0, 0.05) is 36.5 Å². The van der Waals surface area contributed by atoms with E-state index in [2.05, 4.69) is 15.2 Å². The van der Waals surface area contributed by atoms with Crippen molar-refractivity contribution in [1.82, 2.24) is 9.88 Å². The van der Waals surface area contributed by atoms with Crippen LogP contribution in [0.4, 0.5) is 15.0 Å². The molecule has 2 N–H and O–H groups in total. The number of fused-ring (bicyclic) bond motifs is 2. The van der Waals surface area contributed by atoms with Crippen molar-refractivity contribution in [3.05, 3.63) is 53.2 Å². The van der Waals surface area contributed by atoms with Crippen LogP contribution in [0.25, 0.3) is 22.7 Å². The molecule has 1 aromatic carbocycles. The number of halogens is 1. The summed E-state index contributed by atoms with van der Waals surface area (Å²) in [6.07, 6.45) is 3.97. The number of piperidine rings is 1. The highest BCUT2D eigenvalue weighted by molar-refractivity contribution is 5.94. The minimum atomic E-state index is -0.929. The first-order valence-corrected chi connectivity index (χ1v) is 10.0. The van der Waals surface area contributed by atoms with Crippen LogP contribution < -0.4 is 0 Å². The molecule has 1 saturated heterocycles. The Labute approximate surface area is 176 Å². The van der Waals surface area contributed by atoms with Gasteiger partial charge in [-0.05, 0) is 49.4 Å². The highest BCUT2D eigenvalue weighted by Gasteiger charge is 2.26. The van der Waals surface area contributed by atoms with Crippen LogP contribution in [-0.2, 0) is 6.42 Å². The zero-order valence-corrected chi connectivity index (χ0v) is 16.5. The van der Waals surface area contributed by atoms with Gasteiger partial charge in [0.2, 0.25) is 0 Å². The van der Waals surface area contributed by atoms with Gasteiger partial charge in [-0.1, -0.05) is 0 Å². The van der Waals surface area contributed by atoms with Crippen molar-refractivity contribution in [1.29, 1.82) is 0 Å². The van der Waals surface area contributed by atoms with Crippen molar-refractivity contribution >= 4 is 34.7 Å². The lowest BCUT2D eigenvalue weighted by molar-refractivity contribution is 0.124. The van der Waals surface area contributed by atoms with Crippen molar-refractivity contribution in [3.63, 3.8) is 0 Å². The van der Waals surface area contributed by atoms with Crippen LogP contribution in [0.1, 0.15) is 29.7 Å². The zero-order valence-electron chi connectivity index (χ0n) is 16.5. The predicted octanol–water partition coefficient (Wildman–Crippen LogP) is 5.20. The first-order valence-electron chi connectivity index (χ1n) is 10.0. The number of carbonyl (C=O) groups is 1. The van der Waals surface area contributed by atoms with Gasteiger partial charge in [0.1, 0.15) is 17.1 Å². The minimum Gasteiger partial charge on any atom is -0.504 e.